The molecule has 0 saturated carbocycles. The third-order valence-electron chi connectivity index (χ3n) is 2.39. The summed E-state index contributed by atoms with van der Waals surface area (Å²) in [7, 11) is 0. The largest absolute Gasteiger partial charge is 0.467 e. The molecule has 0 bridgehead atoms. The monoisotopic (exact) mass is 280 g/mol. The van der Waals surface area contributed by atoms with Gasteiger partial charge in [0.1, 0.15) is 12.1 Å². The van der Waals surface area contributed by atoms with Crippen LogP contribution in [0.15, 0.2) is 34.3 Å². The van der Waals surface area contributed by atoms with Crippen LogP contribution in [-0.2, 0) is 11.3 Å². The summed E-state index contributed by atoms with van der Waals surface area (Å²) in [5, 5.41) is 11.4. The minimum absolute atomic E-state index is 0.0133. The summed E-state index contributed by atoms with van der Waals surface area (Å²) in [6.07, 6.45) is 4.20. The first kappa shape index (κ1) is 13.7. The van der Waals surface area contributed by atoms with Crippen LogP contribution in [0.2, 0.25) is 0 Å². The van der Waals surface area contributed by atoms with Gasteiger partial charge in [0.25, 0.3) is 0 Å². The van der Waals surface area contributed by atoms with E-state index in [2.05, 4.69) is 15.5 Å². The number of hydrogen-bond donors (Lipinski definition) is 1. The van der Waals surface area contributed by atoms with Gasteiger partial charge in [-0.1, -0.05) is 18.7 Å². The standard InChI is InChI=1S/C12H16N4O2S/c1-2-5-13-11(17)8-19-12-15-14-9-16(12)7-10-4-3-6-18-10/h3-4,6,9H,2,5,7-8H2,1H3,(H,13,17). The van der Waals surface area contributed by atoms with Crippen LogP contribution in [0.1, 0.15) is 19.1 Å². The molecule has 2 aromatic rings. The number of amides is 1. The number of hydrogen-bond acceptors (Lipinski definition) is 5. The van der Waals surface area contributed by atoms with E-state index in [9.17, 15) is 4.79 Å². The first-order chi connectivity index (χ1) is 9.29. The summed E-state index contributed by atoms with van der Waals surface area (Å²) in [5.74, 6) is 1.19. The first-order valence-corrected chi connectivity index (χ1v) is 7.08. The molecule has 6 nitrogen and oxygen atoms in total. The van der Waals surface area contributed by atoms with Gasteiger partial charge in [-0.2, -0.15) is 0 Å². The van der Waals surface area contributed by atoms with E-state index < -0.39 is 0 Å². The first-order valence-electron chi connectivity index (χ1n) is 6.09. The lowest BCUT2D eigenvalue weighted by Crippen LogP contribution is -2.25. The lowest BCUT2D eigenvalue weighted by atomic mass is 10.4. The van der Waals surface area contributed by atoms with E-state index in [1.165, 1.54) is 11.8 Å². The predicted octanol–water partition coefficient (Wildman–Crippen LogP) is 1.54. The van der Waals surface area contributed by atoms with Crippen LogP contribution in [0.4, 0.5) is 0 Å². The second-order valence-corrected chi connectivity index (χ2v) is 4.90. The number of nitrogens with one attached hydrogen (secondary N) is 1. The molecule has 0 saturated heterocycles. The van der Waals surface area contributed by atoms with Crippen molar-refractivity contribution in [2.24, 2.45) is 0 Å². The number of carbonyl (C=O) groups excluding carboxylic acids is 1. The minimum atomic E-state index is 0.0133. The summed E-state index contributed by atoms with van der Waals surface area (Å²) in [6, 6.07) is 3.73. The fraction of sp³-hybridized carbons (Fsp3) is 0.417. The Bertz CT molecular complexity index is 510. The Labute approximate surface area is 115 Å². The van der Waals surface area contributed by atoms with Crippen molar-refractivity contribution in [1.29, 1.82) is 0 Å². The molecule has 102 valence electrons. The number of carbonyl (C=O) groups is 1. The Morgan fingerprint density at radius 3 is 3.21 bits per heavy atom. The lowest BCUT2D eigenvalue weighted by molar-refractivity contribution is -0.118. The van der Waals surface area contributed by atoms with Gasteiger partial charge in [-0.3, -0.25) is 4.79 Å². The van der Waals surface area contributed by atoms with E-state index in [0.29, 0.717) is 24.0 Å². The van der Waals surface area contributed by atoms with E-state index in [-0.39, 0.29) is 5.91 Å². The van der Waals surface area contributed by atoms with Crippen LogP contribution in [0.3, 0.4) is 0 Å². The van der Waals surface area contributed by atoms with Crippen molar-refractivity contribution in [2.75, 3.05) is 12.3 Å². The molecule has 0 aromatic carbocycles. The summed E-state index contributed by atoms with van der Waals surface area (Å²) >= 11 is 1.37. The Morgan fingerprint density at radius 2 is 2.47 bits per heavy atom. The van der Waals surface area contributed by atoms with Gasteiger partial charge in [0.05, 0.1) is 18.6 Å². The van der Waals surface area contributed by atoms with Crippen molar-refractivity contribution in [3.05, 3.63) is 30.5 Å². The number of thioether (sulfide) groups is 1. The molecular weight excluding hydrogens is 264 g/mol. The highest BCUT2D eigenvalue weighted by atomic mass is 32.2. The highest BCUT2D eigenvalue weighted by molar-refractivity contribution is 7.99. The van der Waals surface area contributed by atoms with Crippen LogP contribution in [-0.4, -0.2) is 33.0 Å². The molecule has 0 atom stereocenters. The van der Waals surface area contributed by atoms with Gasteiger partial charge in [-0.25, -0.2) is 0 Å². The Balaban J connectivity index is 1.87. The zero-order chi connectivity index (χ0) is 13.5. The van der Waals surface area contributed by atoms with Gasteiger partial charge in [0.15, 0.2) is 5.16 Å². The summed E-state index contributed by atoms with van der Waals surface area (Å²) in [4.78, 5) is 11.5. The van der Waals surface area contributed by atoms with E-state index in [4.69, 9.17) is 4.42 Å². The highest BCUT2D eigenvalue weighted by Gasteiger charge is 2.09. The maximum atomic E-state index is 11.5. The van der Waals surface area contributed by atoms with Gasteiger partial charge in [0.2, 0.25) is 5.91 Å². The summed E-state index contributed by atoms with van der Waals surface area (Å²) < 4.78 is 7.13. The molecule has 0 aliphatic heterocycles. The lowest BCUT2D eigenvalue weighted by Gasteiger charge is -2.05. The van der Waals surface area contributed by atoms with Crippen molar-refractivity contribution in [2.45, 2.75) is 25.0 Å². The van der Waals surface area contributed by atoms with E-state index >= 15 is 0 Å². The second kappa shape index (κ2) is 6.98. The van der Waals surface area contributed by atoms with Crippen LogP contribution in [0.5, 0.6) is 0 Å². The molecule has 0 aliphatic carbocycles. The molecule has 0 unspecified atom stereocenters. The SMILES string of the molecule is CCCNC(=O)CSc1nncn1Cc1ccco1. The minimum Gasteiger partial charge on any atom is -0.467 e. The topological polar surface area (TPSA) is 73.0 Å². The molecule has 0 aliphatic rings. The molecule has 1 N–H and O–H groups in total. The van der Waals surface area contributed by atoms with E-state index in [1.54, 1.807) is 12.6 Å². The molecule has 2 rings (SSSR count). The zero-order valence-corrected chi connectivity index (χ0v) is 11.5. The van der Waals surface area contributed by atoms with Crippen molar-refractivity contribution in [1.82, 2.24) is 20.1 Å². The number of nitrogens with zero attached hydrogens (tertiary/aromatic N) is 3. The maximum Gasteiger partial charge on any atom is 0.230 e. The molecule has 0 fully saturated rings. The van der Waals surface area contributed by atoms with Crippen molar-refractivity contribution < 1.29 is 9.21 Å². The number of aromatic nitrogens is 3. The van der Waals surface area contributed by atoms with Crippen molar-refractivity contribution in [3.63, 3.8) is 0 Å². The molecule has 0 spiro atoms. The van der Waals surface area contributed by atoms with E-state index in [0.717, 1.165) is 12.2 Å². The molecule has 1 amide bonds. The van der Waals surface area contributed by atoms with Crippen molar-refractivity contribution in [3.8, 4) is 0 Å². The summed E-state index contributed by atoms with van der Waals surface area (Å²) in [5.41, 5.74) is 0. The van der Waals surface area contributed by atoms with Gasteiger partial charge in [0, 0.05) is 6.54 Å². The van der Waals surface area contributed by atoms with Crippen LogP contribution < -0.4 is 5.32 Å². The third kappa shape index (κ3) is 4.13. The Kier molecular flexibility index (Phi) is 5.02. The number of rotatable bonds is 7. The average molecular weight is 280 g/mol. The van der Waals surface area contributed by atoms with E-state index in [1.807, 2.05) is 23.6 Å². The Hall–Kier alpha value is -1.76. The fourth-order valence-corrected chi connectivity index (χ4v) is 2.23. The molecule has 7 heteroatoms. The van der Waals surface area contributed by atoms with Crippen LogP contribution >= 0.6 is 11.8 Å². The summed E-state index contributed by atoms with van der Waals surface area (Å²) in [6.45, 7) is 3.30. The molecule has 0 radical (unpaired) electrons. The zero-order valence-electron chi connectivity index (χ0n) is 10.7. The number of furan rings is 1. The molecule has 19 heavy (non-hydrogen) atoms. The fourth-order valence-electron chi connectivity index (χ4n) is 1.48. The van der Waals surface area contributed by atoms with Gasteiger partial charge in [-0.15, -0.1) is 10.2 Å². The Morgan fingerprint density at radius 1 is 1.58 bits per heavy atom. The third-order valence-corrected chi connectivity index (χ3v) is 3.37. The highest BCUT2D eigenvalue weighted by Crippen LogP contribution is 2.16. The van der Waals surface area contributed by atoms with Gasteiger partial charge >= 0.3 is 0 Å². The maximum absolute atomic E-state index is 11.5. The smallest absolute Gasteiger partial charge is 0.230 e. The molecule has 2 aromatic heterocycles. The normalized spacial score (nSPS) is 10.6. The molecule has 2 heterocycles. The molecular formula is C12H16N4O2S. The van der Waals surface area contributed by atoms with Crippen LogP contribution in [0, 0.1) is 0 Å². The van der Waals surface area contributed by atoms with Crippen molar-refractivity contribution >= 4 is 17.7 Å². The predicted molar refractivity (Wildman–Crippen MR) is 71.9 cm³/mol. The average Bonchev–Trinajstić information content (AvgIpc) is 3.06. The van der Waals surface area contributed by atoms with Gasteiger partial charge in [-0.05, 0) is 18.6 Å². The van der Waals surface area contributed by atoms with Gasteiger partial charge < -0.3 is 14.3 Å². The van der Waals surface area contributed by atoms with Crippen LogP contribution in [0.25, 0.3) is 0 Å². The quantitative estimate of drug-likeness (QED) is 0.779. The second-order valence-electron chi connectivity index (χ2n) is 3.96.